The van der Waals surface area contributed by atoms with Crippen molar-refractivity contribution in [2.75, 3.05) is 6.26 Å². The average Bonchev–Trinajstić information content (AvgIpc) is 2.24. The molecular weight excluding hydrogens is 234 g/mol. The fraction of sp³-hybridized carbons (Fsp3) is 0.231. The van der Waals surface area contributed by atoms with Crippen LogP contribution in [0.2, 0.25) is 0 Å². The van der Waals surface area contributed by atoms with Crippen molar-refractivity contribution in [2.24, 2.45) is 0 Å². The van der Waals surface area contributed by atoms with Crippen molar-refractivity contribution in [2.45, 2.75) is 12.5 Å². The average molecular weight is 247 g/mol. The topological polar surface area (TPSA) is 46.2 Å². The summed E-state index contributed by atoms with van der Waals surface area (Å²) in [5.41, 5.74) is 0.989. The largest absolute Gasteiger partial charge is 0.298 e. The standard InChI is InChI=1S/C13H13NO2S/c1-13(10-17(2,16)14-13)8-7-11-3-5-12(9-15)6-4-11/h3-6,9-10H,1-2H3,(H,14,16). The van der Waals surface area contributed by atoms with E-state index in [1.165, 1.54) is 0 Å². The molecule has 4 heteroatoms. The predicted octanol–water partition coefficient (Wildman–Crippen LogP) is 0.844. The molecule has 1 aromatic rings. The number of benzene rings is 1. The molecule has 0 aromatic heterocycles. The Morgan fingerprint density at radius 3 is 2.41 bits per heavy atom. The summed E-state index contributed by atoms with van der Waals surface area (Å²) in [4.78, 5) is 10.5. The van der Waals surface area contributed by atoms with Gasteiger partial charge in [-0.05, 0) is 19.1 Å². The van der Waals surface area contributed by atoms with Gasteiger partial charge in [0.15, 0.2) is 0 Å². The zero-order valence-electron chi connectivity index (χ0n) is 9.69. The second kappa shape index (κ2) is 4.02. The molecule has 88 valence electrons. The number of aldehydes is 1. The van der Waals surface area contributed by atoms with Crippen LogP contribution < -0.4 is 4.72 Å². The third kappa shape index (κ3) is 2.76. The van der Waals surface area contributed by atoms with E-state index in [9.17, 15) is 9.00 Å². The molecule has 0 fully saturated rings. The summed E-state index contributed by atoms with van der Waals surface area (Å²) in [7, 11) is -1.98. The maximum absolute atomic E-state index is 11.5. The Hall–Kier alpha value is -1.57. The highest BCUT2D eigenvalue weighted by atomic mass is 32.2. The Kier molecular flexibility index (Phi) is 2.82. The first-order valence-corrected chi connectivity index (χ1v) is 7.18. The van der Waals surface area contributed by atoms with E-state index in [0.717, 1.165) is 11.8 Å². The van der Waals surface area contributed by atoms with Gasteiger partial charge in [-0.1, -0.05) is 24.0 Å². The van der Waals surface area contributed by atoms with Crippen LogP contribution in [0.4, 0.5) is 0 Å². The third-order valence-corrected chi connectivity index (χ3v) is 4.14. The summed E-state index contributed by atoms with van der Waals surface area (Å²) in [5.74, 6) is 6.01. The van der Waals surface area contributed by atoms with E-state index in [1.54, 1.807) is 35.9 Å². The molecule has 0 radical (unpaired) electrons. The lowest BCUT2D eigenvalue weighted by molar-refractivity contribution is 0.112. The van der Waals surface area contributed by atoms with Gasteiger partial charge in [0, 0.05) is 32.5 Å². The maximum atomic E-state index is 11.5. The second-order valence-electron chi connectivity index (χ2n) is 4.32. The molecule has 1 heterocycles. The lowest BCUT2D eigenvalue weighted by Crippen LogP contribution is -2.57. The molecule has 1 aliphatic rings. The van der Waals surface area contributed by atoms with E-state index in [4.69, 9.17) is 0 Å². The number of nitrogens with one attached hydrogen (secondary N) is 1. The number of rotatable bonds is 1. The molecule has 2 atom stereocenters. The molecule has 1 aliphatic heterocycles. The van der Waals surface area contributed by atoms with Crippen molar-refractivity contribution in [1.29, 1.82) is 0 Å². The molecule has 0 amide bonds. The van der Waals surface area contributed by atoms with E-state index in [2.05, 4.69) is 16.6 Å². The Morgan fingerprint density at radius 2 is 1.94 bits per heavy atom. The summed E-state index contributed by atoms with van der Waals surface area (Å²) in [6, 6.07) is 7.03. The van der Waals surface area contributed by atoms with E-state index < -0.39 is 15.2 Å². The van der Waals surface area contributed by atoms with Crippen molar-refractivity contribution in [3.63, 3.8) is 0 Å². The lowest BCUT2D eigenvalue weighted by atomic mass is 10.1. The smallest absolute Gasteiger partial charge is 0.150 e. The number of carbonyl (C=O) groups is 1. The van der Waals surface area contributed by atoms with E-state index >= 15 is 0 Å². The summed E-state index contributed by atoms with van der Waals surface area (Å²) >= 11 is 0. The van der Waals surface area contributed by atoms with Crippen LogP contribution in [0.15, 0.2) is 24.3 Å². The molecule has 0 bridgehead atoms. The Labute approximate surface area is 101 Å². The van der Waals surface area contributed by atoms with Gasteiger partial charge in [0.25, 0.3) is 0 Å². The van der Waals surface area contributed by atoms with Crippen LogP contribution in [-0.2, 0) is 9.71 Å². The van der Waals surface area contributed by atoms with Crippen LogP contribution in [0.3, 0.4) is 0 Å². The van der Waals surface area contributed by atoms with E-state index in [1.807, 2.05) is 6.92 Å². The molecule has 3 nitrogen and oxygen atoms in total. The van der Waals surface area contributed by atoms with Crippen LogP contribution in [0.1, 0.15) is 22.8 Å². The van der Waals surface area contributed by atoms with Gasteiger partial charge < -0.3 is 0 Å². The Morgan fingerprint density at radius 1 is 1.35 bits per heavy atom. The van der Waals surface area contributed by atoms with E-state index in [-0.39, 0.29) is 0 Å². The summed E-state index contributed by atoms with van der Waals surface area (Å²) in [5, 5.41) is 1.73. The highest BCUT2D eigenvalue weighted by Gasteiger charge is 2.31. The molecule has 0 spiro atoms. The van der Waals surface area contributed by atoms with Crippen molar-refractivity contribution in [3.8, 4) is 11.8 Å². The first-order valence-electron chi connectivity index (χ1n) is 5.15. The Balaban J connectivity index is 2.20. The predicted molar refractivity (Wildman–Crippen MR) is 70.4 cm³/mol. The van der Waals surface area contributed by atoms with Gasteiger partial charge in [-0.25, -0.2) is 4.72 Å². The van der Waals surface area contributed by atoms with Crippen LogP contribution in [0.25, 0.3) is 0 Å². The van der Waals surface area contributed by atoms with Gasteiger partial charge in [-0.3, -0.25) is 9.00 Å². The molecule has 2 rings (SSSR count). The van der Waals surface area contributed by atoms with Crippen LogP contribution >= 0.6 is 0 Å². The van der Waals surface area contributed by atoms with Crippen LogP contribution in [0.5, 0.6) is 0 Å². The van der Waals surface area contributed by atoms with Crippen molar-refractivity contribution in [1.82, 2.24) is 4.72 Å². The molecule has 1 aromatic carbocycles. The van der Waals surface area contributed by atoms with Gasteiger partial charge in [-0.15, -0.1) is 0 Å². The monoisotopic (exact) mass is 247 g/mol. The summed E-state index contributed by atoms with van der Waals surface area (Å²) in [6.45, 7) is 1.88. The molecule has 17 heavy (non-hydrogen) atoms. The van der Waals surface area contributed by atoms with Gasteiger partial charge in [0.1, 0.15) is 11.8 Å². The number of carbonyl (C=O) groups excluding carboxylic acids is 1. The Bertz CT molecular complexity index is 628. The molecule has 2 unspecified atom stereocenters. The molecular formula is C13H13NO2S. The van der Waals surface area contributed by atoms with Gasteiger partial charge in [0.05, 0.1) is 0 Å². The first kappa shape index (κ1) is 11.9. The minimum atomic E-state index is -1.98. The number of hydrogen-bond acceptors (Lipinski definition) is 2. The van der Waals surface area contributed by atoms with Crippen LogP contribution in [0, 0.1) is 11.8 Å². The first-order chi connectivity index (χ1) is 7.92. The number of hydrogen-bond donors (Lipinski definition) is 1. The zero-order valence-corrected chi connectivity index (χ0v) is 10.5. The van der Waals surface area contributed by atoms with Gasteiger partial charge in [-0.2, -0.15) is 0 Å². The van der Waals surface area contributed by atoms with Crippen molar-refractivity contribution >= 4 is 21.4 Å². The zero-order chi connectivity index (χ0) is 12.5. The summed E-state index contributed by atoms with van der Waals surface area (Å²) in [6.07, 6.45) is 2.45. The molecule has 1 N–H and O–H groups in total. The van der Waals surface area contributed by atoms with E-state index in [0.29, 0.717) is 5.56 Å². The minimum Gasteiger partial charge on any atom is -0.298 e. The lowest BCUT2D eigenvalue weighted by Gasteiger charge is -2.32. The highest BCUT2D eigenvalue weighted by molar-refractivity contribution is 8.00. The molecule has 0 aliphatic carbocycles. The summed E-state index contributed by atoms with van der Waals surface area (Å²) < 4.78 is 14.4. The second-order valence-corrected chi connectivity index (χ2v) is 6.56. The quantitative estimate of drug-likeness (QED) is 0.454. The minimum absolute atomic E-state index is 0.477. The fourth-order valence-electron chi connectivity index (χ4n) is 1.77. The van der Waals surface area contributed by atoms with Crippen molar-refractivity contribution < 1.29 is 9.00 Å². The van der Waals surface area contributed by atoms with Crippen LogP contribution in [-0.4, -0.2) is 27.7 Å². The molecule has 0 saturated heterocycles. The van der Waals surface area contributed by atoms with Gasteiger partial charge >= 0.3 is 0 Å². The molecule has 0 saturated carbocycles. The van der Waals surface area contributed by atoms with Crippen molar-refractivity contribution in [3.05, 3.63) is 35.4 Å². The van der Waals surface area contributed by atoms with Gasteiger partial charge in [0.2, 0.25) is 0 Å². The third-order valence-electron chi connectivity index (χ3n) is 2.39. The fourth-order valence-corrected chi connectivity index (χ4v) is 3.61. The SMILES string of the molecule is CC1(C#Cc2ccc(C=O)cc2)C=S(C)(=O)N1. The maximum Gasteiger partial charge on any atom is 0.150 e. The highest BCUT2D eigenvalue weighted by Crippen LogP contribution is 2.11. The normalized spacial score (nSPS) is 30.5.